The summed E-state index contributed by atoms with van der Waals surface area (Å²) in [6.07, 6.45) is 3.40. The van der Waals surface area contributed by atoms with E-state index in [1.165, 1.54) is 0 Å². The van der Waals surface area contributed by atoms with Crippen LogP contribution >= 0.6 is 0 Å². The molecule has 0 aromatic carbocycles. The van der Waals surface area contributed by atoms with Crippen LogP contribution in [0.3, 0.4) is 0 Å². The average molecular weight is 279 g/mol. The molecule has 0 radical (unpaired) electrons. The molecule has 0 unspecified atom stereocenters. The molecular weight excluding hydrogens is 254 g/mol. The number of ether oxygens (including phenoxy) is 1. The number of rotatable bonds is 1. The molecule has 0 spiro atoms. The van der Waals surface area contributed by atoms with Crippen molar-refractivity contribution >= 4 is 11.7 Å². The van der Waals surface area contributed by atoms with Crippen molar-refractivity contribution in [3.63, 3.8) is 0 Å². The Kier molecular flexibility index (Phi) is 7.01. The monoisotopic (exact) mass is 279 g/mol. The zero-order chi connectivity index (χ0) is 15.0. The third kappa shape index (κ3) is 6.52. The van der Waals surface area contributed by atoms with Gasteiger partial charge in [0.05, 0.1) is 25.1 Å². The first-order valence-electron chi connectivity index (χ1n) is 7.04. The Balaban J connectivity index is 0.000000444. The van der Waals surface area contributed by atoms with Gasteiger partial charge >= 0.3 is 6.03 Å². The predicted molar refractivity (Wildman–Crippen MR) is 80.9 cm³/mol. The van der Waals surface area contributed by atoms with Gasteiger partial charge in [-0.2, -0.15) is 0 Å². The van der Waals surface area contributed by atoms with E-state index in [1.807, 2.05) is 13.0 Å². The van der Waals surface area contributed by atoms with E-state index in [9.17, 15) is 4.79 Å². The lowest BCUT2D eigenvalue weighted by Gasteiger charge is -2.26. The zero-order valence-corrected chi connectivity index (χ0v) is 12.8. The van der Waals surface area contributed by atoms with Gasteiger partial charge in [-0.3, -0.25) is 4.98 Å². The van der Waals surface area contributed by atoms with Crippen LogP contribution in [0.4, 0.5) is 10.5 Å². The number of urea groups is 1. The van der Waals surface area contributed by atoms with E-state index in [-0.39, 0.29) is 6.03 Å². The van der Waals surface area contributed by atoms with Gasteiger partial charge in [0, 0.05) is 19.3 Å². The number of nitrogens with one attached hydrogen (secondary N) is 1. The number of anilines is 1. The number of hydrogen-bond donors (Lipinski definition) is 1. The Morgan fingerprint density at radius 3 is 2.45 bits per heavy atom. The van der Waals surface area contributed by atoms with Crippen molar-refractivity contribution in [3.05, 3.63) is 24.0 Å². The summed E-state index contributed by atoms with van der Waals surface area (Å²) in [5.74, 6) is 0.833. The van der Waals surface area contributed by atoms with Crippen molar-refractivity contribution in [1.29, 1.82) is 0 Å². The molecule has 0 atom stereocenters. The third-order valence-electron chi connectivity index (χ3n) is 2.42. The lowest BCUT2D eigenvalue weighted by Crippen LogP contribution is -2.43. The van der Waals surface area contributed by atoms with Crippen LogP contribution in [-0.2, 0) is 4.74 Å². The fraction of sp³-hybridized carbons (Fsp3) is 0.600. The normalized spacial score (nSPS) is 14.6. The van der Waals surface area contributed by atoms with Crippen molar-refractivity contribution in [1.82, 2.24) is 9.88 Å². The molecule has 2 amide bonds. The minimum Gasteiger partial charge on any atom is -0.378 e. The third-order valence-corrected chi connectivity index (χ3v) is 2.42. The van der Waals surface area contributed by atoms with Gasteiger partial charge in [-0.15, -0.1) is 0 Å². The van der Waals surface area contributed by atoms with E-state index in [0.29, 0.717) is 26.3 Å². The van der Waals surface area contributed by atoms with Crippen LogP contribution in [0.15, 0.2) is 18.5 Å². The van der Waals surface area contributed by atoms with Gasteiger partial charge in [-0.1, -0.05) is 20.8 Å². The van der Waals surface area contributed by atoms with Crippen LogP contribution in [0, 0.1) is 12.8 Å². The molecule has 0 aliphatic carbocycles. The maximum absolute atomic E-state index is 11.8. The summed E-state index contributed by atoms with van der Waals surface area (Å²) < 4.78 is 5.19. The Morgan fingerprint density at radius 2 is 1.90 bits per heavy atom. The molecule has 1 aromatic heterocycles. The van der Waals surface area contributed by atoms with Crippen molar-refractivity contribution < 1.29 is 9.53 Å². The SMILES string of the molecule is CC(C)C.Cc1cncc(NC(=O)N2CCOCC2)c1. The number of carbonyl (C=O) groups is 1. The minimum absolute atomic E-state index is 0.0873. The standard InChI is InChI=1S/C11H15N3O2.C4H10/c1-9-6-10(8-12-7-9)13-11(15)14-2-4-16-5-3-14;1-4(2)3/h6-8H,2-5H2,1H3,(H,13,15);4H,1-3H3. The number of aryl methyl sites for hydroxylation is 1. The highest BCUT2D eigenvalue weighted by Gasteiger charge is 2.16. The van der Waals surface area contributed by atoms with Crippen LogP contribution in [0.5, 0.6) is 0 Å². The number of morpholine rings is 1. The van der Waals surface area contributed by atoms with Gasteiger partial charge in [0.15, 0.2) is 0 Å². The Morgan fingerprint density at radius 1 is 1.30 bits per heavy atom. The minimum atomic E-state index is -0.0873. The van der Waals surface area contributed by atoms with Gasteiger partial charge in [-0.25, -0.2) is 4.79 Å². The van der Waals surface area contributed by atoms with E-state index in [2.05, 4.69) is 31.1 Å². The molecule has 112 valence electrons. The topological polar surface area (TPSA) is 54.5 Å². The average Bonchev–Trinajstić information content (AvgIpc) is 2.39. The number of amides is 2. The molecule has 0 saturated carbocycles. The van der Waals surface area contributed by atoms with Gasteiger partial charge in [0.2, 0.25) is 0 Å². The molecule has 1 aromatic rings. The summed E-state index contributed by atoms with van der Waals surface area (Å²) in [6.45, 7) is 11.0. The first-order chi connectivity index (χ1) is 9.49. The van der Waals surface area contributed by atoms with Crippen LogP contribution in [-0.4, -0.2) is 42.2 Å². The quantitative estimate of drug-likeness (QED) is 0.860. The van der Waals surface area contributed by atoms with Crippen molar-refractivity contribution in [3.8, 4) is 0 Å². The molecule has 0 bridgehead atoms. The fourth-order valence-electron chi connectivity index (χ4n) is 1.59. The summed E-state index contributed by atoms with van der Waals surface area (Å²) in [5, 5.41) is 2.82. The second-order valence-electron chi connectivity index (χ2n) is 5.51. The molecule has 1 N–H and O–H groups in total. The molecule has 5 heteroatoms. The van der Waals surface area contributed by atoms with Crippen LogP contribution in [0.1, 0.15) is 26.3 Å². The number of carbonyl (C=O) groups excluding carboxylic acids is 1. The van der Waals surface area contributed by atoms with E-state index in [0.717, 1.165) is 17.2 Å². The molecule has 1 saturated heterocycles. The largest absolute Gasteiger partial charge is 0.378 e. The lowest BCUT2D eigenvalue weighted by molar-refractivity contribution is 0.0564. The summed E-state index contributed by atoms with van der Waals surface area (Å²) in [6, 6.07) is 1.81. The van der Waals surface area contributed by atoms with E-state index < -0.39 is 0 Å². The highest BCUT2D eigenvalue weighted by atomic mass is 16.5. The molecule has 2 heterocycles. The maximum Gasteiger partial charge on any atom is 0.322 e. The number of nitrogens with zero attached hydrogens (tertiary/aromatic N) is 2. The van der Waals surface area contributed by atoms with Crippen molar-refractivity contribution in [2.75, 3.05) is 31.6 Å². The van der Waals surface area contributed by atoms with Crippen molar-refractivity contribution in [2.24, 2.45) is 5.92 Å². The summed E-state index contributed by atoms with van der Waals surface area (Å²) in [5.41, 5.74) is 1.76. The summed E-state index contributed by atoms with van der Waals surface area (Å²) in [7, 11) is 0. The predicted octanol–water partition coefficient (Wildman–Crippen LogP) is 2.92. The molecular formula is C15H25N3O2. The number of pyridine rings is 1. The number of aromatic nitrogens is 1. The molecule has 1 aliphatic rings. The van der Waals surface area contributed by atoms with Crippen LogP contribution < -0.4 is 5.32 Å². The summed E-state index contributed by atoms with van der Waals surface area (Å²) in [4.78, 5) is 17.6. The number of hydrogen-bond acceptors (Lipinski definition) is 3. The molecule has 1 fully saturated rings. The van der Waals surface area contributed by atoms with Crippen LogP contribution in [0.25, 0.3) is 0 Å². The van der Waals surface area contributed by atoms with E-state index >= 15 is 0 Å². The Bertz CT molecular complexity index is 413. The zero-order valence-electron chi connectivity index (χ0n) is 12.8. The Hall–Kier alpha value is -1.62. The van der Waals surface area contributed by atoms with Gasteiger partial charge in [0.25, 0.3) is 0 Å². The van der Waals surface area contributed by atoms with Gasteiger partial charge < -0.3 is 15.0 Å². The first kappa shape index (κ1) is 16.4. The van der Waals surface area contributed by atoms with E-state index in [4.69, 9.17) is 4.74 Å². The molecule has 2 rings (SSSR count). The Labute approximate surface area is 121 Å². The molecule has 20 heavy (non-hydrogen) atoms. The highest BCUT2D eigenvalue weighted by Crippen LogP contribution is 2.09. The van der Waals surface area contributed by atoms with Crippen LogP contribution in [0.2, 0.25) is 0 Å². The lowest BCUT2D eigenvalue weighted by atomic mass is 10.3. The molecule has 1 aliphatic heterocycles. The highest BCUT2D eigenvalue weighted by molar-refractivity contribution is 5.89. The second-order valence-corrected chi connectivity index (χ2v) is 5.51. The fourth-order valence-corrected chi connectivity index (χ4v) is 1.59. The smallest absolute Gasteiger partial charge is 0.322 e. The van der Waals surface area contributed by atoms with Gasteiger partial charge in [-0.05, 0) is 24.5 Å². The van der Waals surface area contributed by atoms with Crippen molar-refractivity contribution in [2.45, 2.75) is 27.7 Å². The van der Waals surface area contributed by atoms with Gasteiger partial charge in [0.1, 0.15) is 0 Å². The second kappa shape index (κ2) is 8.53. The van der Waals surface area contributed by atoms with E-state index in [1.54, 1.807) is 17.3 Å². The first-order valence-corrected chi connectivity index (χ1v) is 7.04. The summed E-state index contributed by atoms with van der Waals surface area (Å²) >= 11 is 0. The maximum atomic E-state index is 11.8. The molecule has 5 nitrogen and oxygen atoms in total.